The van der Waals surface area contributed by atoms with E-state index in [-0.39, 0.29) is 5.54 Å². The first kappa shape index (κ1) is 13.5. The first-order valence-corrected chi connectivity index (χ1v) is 6.67. The summed E-state index contributed by atoms with van der Waals surface area (Å²) in [6, 6.07) is 0. The summed E-state index contributed by atoms with van der Waals surface area (Å²) in [4.78, 5) is 0. The largest absolute Gasteiger partial charge is 0.381 e. The third-order valence-electron chi connectivity index (χ3n) is 3.58. The van der Waals surface area contributed by atoms with Gasteiger partial charge in [0.05, 0.1) is 6.54 Å². The molecule has 1 aromatic rings. The first-order chi connectivity index (χ1) is 8.45. The Bertz CT molecular complexity index is 408. The molecule has 0 aromatic carbocycles. The molecule has 5 heteroatoms. The number of rotatable bonds is 2. The van der Waals surface area contributed by atoms with Crippen LogP contribution in [0.25, 0.3) is 0 Å². The van der Waals surface area contributed by atoms with Crippen molar-refractivity contribution in [2.75, 3.05) is 13.2 Å². The predicted molar refractivity (Wildman–Crippen MR) is 70.3 cm³/mol. The molecule has 0 spiro atoms. The zero-order valence-corrected chi connectivity index (χ0v) is 11.8. The first-order valence-electron chi connectivity index (χ1n) is 6.67. The van der Waals surface area contributed by atoms with Crippen LogP contribution in [0.3, 0.4) is 0 Å². The number of ether oxygens (including phenoxy) is 1. The van der Waals surface area contributed by atoms with Crippen LogP contribution in [0.15, 0.2) is 0 Å². The zero-order valence-electron chi connectivity index (χ0n) is 11.8. The van der Waals surface area contributed by atoms with E-state index in [0.29, 0.717) is 18.4 Å². The molecule has 0 radical (unpaired) electrons. The topological polar surface area (TPSA) is 66.0 Å². The Morgan fingerprint density at radius 2 is 2.11 bits per heavy atom. The summed E-state index contributed by atoms with van der Waals surface area (Å²) in [5.74, 6) is 2.84. The third-order valence-corrected chi connectivity index (χ3v) is 3.58. The summed E-state index contributed by atoms with van der Waals surface area (Å²) in [5.41, 5.74) is 5.74. The molecule has 0 amide bonds. The highest BCUT2D eigenvalue weighted by Gasteiger charge is 2.32. The molecule has 2 unspecified atom stereocenters. The summed E-state index contributed by atoms with van der Waals surface area (Å²) in [6.07, 6.45) is 1.01. The van der Waals surface area contributed by atoms with Crippen molar-refractivity contribution in [1.82, 2.24) is 14.8 Å². The molecule has 5 nitrogen and oxygen atoms in total. The van der Waals surface area contributed by atoms with Gasteiger partial charge in [0.2, 0.25) is 0 Å². The van der Waals surface area contributed by atoms with Crippen LogP contribution in [0.2, 0.25) is 0 Å². The smallest absolute Gasteiger partial charge is 0.147 e. The molecule has 0 bridgehead atoms. The summed E-state index contributed by atoms with van der Waals surface area (Å²) in [6.45, 7) is 10.8. The van der Waals surface area contributed by atoms with Crippen LogP contribution in [-0.2, 0) is 16.8 Å². The lowest BCUT2D eigenvalue weighted by atomic mass is 9.88. The van der Waals surface area contributed by atoms with Crippen molar-refractivity contribution in [3.63, 3.8) is 0 Å². The van der Waals surface area contributed by atoms with Crippen LogP contribution >= 0.6 is 0 Å². The van der Waals surface area contributed by atoms with E-state index >= 15 is 0 Å². The molecular weight excluding hydrogens is 228 g/mol. The number of aromatic nitrogens is 3. The molecule has 1 aromatic heterocycles. The van der Waals surface area contributed by atoms with Crippen LogP contribution in [0, 0.1) is 5.92 Å². The molecule has 1 aliphatic heterocycles. The number of hydrogen-bond acceptors (Lipinski definition) is 4. The fourth-order valence-electron chi connectivity index (χ4n) is 2.70. The molecule has 0 saturated carbocycles. The minimum atomic E-state index is -0.0361. The molecule has 2 atom stereocenters. The fourth-order valence-corrected chi connectivity index (χ4v) is 2.70. The van der Waals surface area contributed by atoms with Gasteiger partial charge in [-0.05, 0) is 33.1 Å². The molecule has 18 heavy (non-hydrogen) atoms. The van der Waals surface area contributed by atoms with Crippen LogP contribution in [0.4, 0.5) is 0 Å². The highest BCUT2D eigenvalue weighted by molar-refractivity contribution is 5.08. The molecule has 2 rings (SSSR count). The van der Waals surface area contributed by atoms with E-state index < -0.39 is 0 Å². The van der Waals surface area contributed by atoms with Crippen molar-refractivity contribution in [2.24, 2.45) is 11.7 Å². The Morgan fingerprint density at radius 3 is 2.67 bits per heavy atom. The average Bonchev–Trinajstić information content (AvgIpc) is 2.73. The lowest BCUT2D eigenvalue weighted by Gasteiger charge is -2.32. The van der Waals surface area contributed by atoms with Gasteiger partial charge in [-0.1, -0.05) is 6.92 Å². The Kier molecular flexibility index (Phi) is 3.73. The standard InChI is InChI=1S/C13H24N4O/c1-9-8-18-6-5-10(9)12-16-15-11(7-14)17(12)13(2,3)4/h9-10H,5-8,14H2,1-4H3. The summed E-state index contributed by atoms with van der Waals surface area (Å²) in [7, 11) is 0. The van der Waals surface area contributed by atoms with E-state index in [9.17, 15) is 0 Å². The molecule has 1 saturated heterocycles. The van der Waals surface area contributed by atoms with Gasteiger partial charge in [-0.3, -0.25) is 0 Å². The number of nitrogens with two attached hydrogens (primary N) is 1. The molecule has 0 aliphatic carbocycles. The van der Waals surface area contributed by atoms with Gasteiger partial charge in [0.1, 0.15) is 11.6 Å². The maximum absolute atomic E-state index is 5.78. The monoisotopic (exact) mass is 252 g/mol. The zero-order chi connectivity index (χ0) is 13.3. The van der Waals surface area contributed by atoms with E-state index in [1.54, 1.807) is 0 Å². The van der Waals surface area contributed by atoms with Crippen LogP contribution in [-0.4, -0.2) is 28.0 Å². The second-order valence-corrected chi connectivity index (χ2v) is 6.13. The van der Waals surface area contributed by atoms with Gasteiger partial charge >= 0.3 is 0 Å². The van der Waals surface area contributed by atoms with Gasteiger partial charge in [0.15, 0.2) is 0 Å². The van der Waals surface area contributed by atoms with Crippen LogP contribution < -0.4 is 5.73 Å². The van der Waals surface area contributed by atoms with Gasteiger partial charge in [0.25, 0.3) is 0 Å². The van der Waals surface area contributed by atoms with Crippen molar-refractivity contribution in [3.8, 4) is 0 Å². The van der Waals surface area contributed by atoms with Gasteiger partial charge in [-0.2, -0.15) is 0 Å². The Hall–Kier alpha value is -0.940. The Balaban J connectivity index is 2.41. The van der Waals surface area contributed by atoms with Crippen molar-refractivity contribution in [1.29, 1.82) is 0 Å². The quantitative estimate of drug-likeness (QED) is 0.869. The normalized spacial score (nSPS) is 25.4. The van der Waals surface area contributed by atoms with Crippen molar-refractivity contribution >= 4 is 0 Å². The molecule has 102 valence electrons. The third kappa shape index (κ3) is 2.42. The van der Waals surface area contributed by atoms with E-state index in [4.69, 9.17) is 10.5 Å². The maximum Gasteiger partial charge on any atom is 0.147 e. The number of nitrogens with zero attached hydrogens (tertiary/aromatic N) is 3. The average molecular weight is 252 g/mol. The molecule has 2 N–H and O–H groups in total. The minimum Gasteiger partial charge on any atom is -0.381 e. The Labute approximate surface area is 109 Å². The van der Waals surface area contributed by atoms with Crippen molar-refractivity contribution < 1.29 is 4.74 Å². The molecule has 1 fully saturated rings. The predicted octanol–water partition coefficient (Wildman–Crippen LogP) is 1.63. The molecule has 2 heterocycles. The van der Waals surface area contributed by atoms with E-state index in [1.165, 1.54) is 0 Å². The molecular formula is C13H24N4O. The fraction of sp³-hybridized carbons (Fsp3) is 0.846. The minimum absolute atomic E-state index is 0.0361. The molecule has 1 aliphatic rings. The van der Waals surface area contributed by atoms with Gasteiger partial charge in [0, 0.05) is 24.7 Å². The van der Waals surface area contributed by atoms with Crippen molar-refractivity contribution in [2.45, 2.75) is 52.1 Å². The van der Waals surface area contributed by atoms with E-state index in [2.05, 4.69) is 42.5 Å². The lowest BCUT2D eigenvalue weighted by Crippen LogP contribution is -2.32. The van der Waals surface area contributed by atoms with E-state index in [1.807, 2.05) is 0 Å². The summed E-state index contributed by atoms with van der Waals surface area (Å²) in [5, 5.41) is 8.66. The lowest BCUT2D eigenvalue weighted by molar-refractivity contribution is 0.0433. The second-order valence-electron chi connectivity index (χ2n) is 6.13. The van der Waals surface area contributed by atoms with Crippen molar-refractivity contribution in [3.05, 3.63) is 11.6 Å². The second kappa shape index (κ2) is 4.97. The summed E-state index contributed by atoms with van der Waals surface area (Å²) >= 11 is 0. The summed E-state index contributed by atoms with van der Waals surface area (Å²) < 4.78 is 7.72. The van der Waals surface area contributed by atoms with Gasteiger partial charge < -0.3 is 15.0 Å². The highest BCUT2D eigenvalue weighted by Crippen LogP contribution is 2.33. The van der Waals surface area contributed by atoms with Gasteiger partial charge in [-0.25, -0.2) is 0 Å². The SMILES string of the molecule is CC1COCCC1c1nnc(CN)n1C(C)(C)C. The van der Waals surface area contributed by atoms with E-state index in [0.717, 1.165) is 31.3 Å². The van der Waals surface area contributed by atoms with Gasteiger partial charge in [-0.15, -0.1) is 10.2 Å². The Morgan fingerprint density at radius 1 is 1.39 bits per heavy atom. The maximum atomic E-state index is 5.78. The number of hydrogen-bond donors (Lipinski definition) is 1. The van der Waals surface area contributed by atoms with Crippen LogP contribution in [0.1, 0.15) is 51.7 Å². The highest BCUT2D eigenvalue weighted by atomic mass is 16.5. The van der Waals surface area contributed by atoms with Crippen LogP contribution in [0.5, 0.6) is 0 Å².